The molecular weight excluding hydrogens is 316 g/mol. The van der Waals surface area contributed by atoms with E-state index in [0.29, 0.717) is 18.6 Å². The Bertz CT molecular complexity index is 592. The number of piperidine rings is 1. The Kier molecular flexibility index (Phi) is 5.08. The van der Waals surface area contributed by atoms with Crippen LogP contribution in [-0.4, -0.2) is 63.6 Å². The first-order valence-electron chi connectivity index (χ1n) is 9.83. The summed E-state index contributed by atoms with van der Waals surface area (Å²) in [6.07, 6.45) is 10.8. The van der Waals surface area contributed by atoms with Gasteiger partial charge in [-0.05, 0) is 38.8 Å². The normalized spacial score (nSPS) is 28.8. The second-order valence-corrected chi connectivity index (χ2v) is 7.80. The number of rotatable bonds is 3. The molecule has 2 saturated heterocycles. The number of aromatic nitrogens is 2. The minimum absolute atomic E-state index is 0.193. The van der Waals surface area contributed by atoms with Gasteiger partial charge in [0.25, 0.3) is 0 Å². The molecule has 0 spiro atoms. The largest absolute Gasteiger partial charge is 0.374 e. The third-order valence-corrected chi connectivity index (χ3v) is 6.24. The van der Waals surface area contributed by atoms with Crippen LogP contribution >= 0.6 is 0 Å². The van der Waals surface area contributed by atoms with Crippen LogP contribution in [0.5, 0.6) is 0 Å². The van der Waals surface area contributed by atoms with Gasteiger partial charge in [0, 0.05) is 31.9 Å². The first-order chi connectivity index (χ1) is 12.2. The molecule has 1 amide bonds. The van der Waals surface area contributed by atoms with Gasteiger partial charge >= 0.3 is 0 Å². The molecule has 1 aliphatic carbocycles. The van der Waals surface area contributed by atoms with E-state index in [4.69, 9.17) is 4.74 Å². The summed E-state index contributed by atoms with van der Waals surface area (Å²) in [7, 11) is 2.04. The first kappa shape index (κ1) is 17.0. The van der Waals surface area contributed by atoms with Crippen molar-refractivity contribution in [3.8, 4) is 0 Å². The summed E-state index contributed by atoms with van der Waals surface area (Å²) in [5.74, 6) is 1.68. The molecule has 1 saturated carbocycles. The number of aryl methyl sites for hydroxylation is 1. The molecule has 2 atom stereocenters. The lowest BCUT2D eigenvalue weighted by molar-refractivity contribution is -0.155. The van der Waals surface area contributed by atoms with Gasteiger partial charge < -0.3 is 14.2 Å². The van der Waals surface area contributed by atoms with Gasteiger partial charge in [0.2, 0.25) is 5.91 Å². The first-order valence-corrected chi connectivity index (χ1v) is 9.83. The molecule has 138 valence electrons. The van der Waals surface area contributed by atoms with Crippen LogP contribution in [0.4, 0.5) is 0 Å². The van der Waals surface area contributed by atoms with Crippen LogP contribution in [0.3, 0.4) is 0 Å². The molecule has 3 fully saturated rings. The average molecular weight is 346 g/mol. The molecular formula is C19H30N4O2. The number of hydrogen-bond donors (Lipinski definition) is 0. The van der Waals surface area contributed by atoms with Crippen molar-refractivity contribution in [1.29, 1.82) is 0 Å². The summed E-state index contributed by atoms with van der Waals surface area (Å²) in [5, 5.41) is 0. The summed E-state index contributed by atoms with van der Waals surface area (Å²) in [5.41, 5.74) is 0. The Balaban J connectivity index is 1.32. The minimum Gasteiger partial charge on any atom is -0.374 e. The lowest BCUT2D eigenvalue weighted by Crippen LogP contribution is -2.57. The van der Waals surface area contributed by atoms with E-state index < -0.39 is 0 Å². The lowest BCUT2D eigenvalue weighted by Gasteiger charge is -2.45. The van der Waals surface area contributed by atoms with E-state index in [-0.39, 0.29) is 12.0 Å². The van der Waals surface area contributed by atoms with Crippen molar-refractivity contribution >= 4 is 5.91 Å². The van der Waals surface area contributed by atoms with Gasteiger partial charge in [-0.15, -0.1) is 0 Å². The fraction of sp³-hybridized carbons (Fsp3) is 0.789. The quantitative estimate of drug-likeness (QED) is 0.837. The third kappa shape index (κ3) is 3.60. The number of morpholine rings is 1. The maximum atomic E-state index is 13.1. The topological polar surface area (TPSA) is 50.6 Å². The molecule has 0 N–H and O–H groups in total. The minimum atomic E-state index is 0.193. The Morgan fingerprint density at radius 2 is 2.00 bits per heavy atom. The summed E-state index contributed by atoms with van der Waals surface area (Å²) in [6, 6.07) is 0.334. The van der Waals surface area contributed by atoms with E-state index in [1.54, 1.807) is 0 Å². The van der Waals surface area contributed by atoms with Crippen LogP contribution in [0.1, 0.15) is 44.3 Å². The SMILES string of the molecule is Cn1ccnc1CN1CCC(C(=O)N2CCOC3CCCCC32)CC1. The molecule has 3 heterocycles. The zero-order valence-electron chi connectivity index (χ0n) is 15.3. The number of carbonyl (C=O) groups excluding carboxylic acids is 1. The predicted octanol–water partition coefficient (Wildman–Crippen LogP) is 1.80. The van der Waals surface area contributed by atoms with E-state index >= 15 is 0 Å². The smallest absolute Gasteiger partial charge is 0.226 e. The molecule has 3 aliphatic rings. The molecule has 25 heavy (non-hydrogen) atoms. The summed E-state index contributed by atoms with van der Waals surface area (Å²) in [6.45, 7) is 4.36. The summed E-state index contributed by atoms with van der Waals surface area (Å²) in [4.78, 5) is 22.1. The zero-order chi connectivity index (χ0) is 17.2. The third-order valence-electron chi connectivity index (χ3n) is 6.24. The average Bonchev–Trinajstić information content (AvgIpc) is 3.06. The molecule has 1 aromatic heterocycles. The van der Waals surface area contributed by atoms with E-state index in [0.717, 1.165) is 57.7 Å². The number of fused-ring (bicyclic) bond motifs is 1. The molecule has 0 bridgehead atoms. The van der Waals surface area contributed by atoms with Crippen LogP contribution in [0.15, 0.2) is 12.4 Å². The molecule has 0 radical (unpaired) electrons. The second kappa shape index (κ2) is 7.46. The Morgan fingerprint density at radius 3 is 2.76 bits per heavy atom. The van der Waals surface area contributed by atoms with Crippen LogP contribution in [0.2, 0.25) is 0 Å². The Morgan fingerprint density at radius 1 is 1.20 bits per heavy atom. The standard InChI is InChI=1S/C19H30N4O2/c1-21-11-8-20-18(21)14-22-9-6-15(7-10-22)19(24)23-12-13-25-17-5-3-2-4-16(17)23/h8,11,15-17H,2-7,9-10,12-14H2,1H3. The predicted molar refractivity (Wildman–Crippen MR) is 94.9 cm³/mol. The second-order valence-electron chi connectivity index (χ2n) is 7.80. The van der Waals surface area contributed by atoms with Gasteiger partial charge in [0.05, 0.1) is 25.3 Å². The highest BCUT2D eigenvalue weighted by Gasteiger charge is 2.39. The van der Waals surface area contributed by atoms with Gasteiger partial charge in [0.1, 0.15) is 5.82 Å². The molecule has 6 nitrogen and oxygen atoms in total. The maximum absolute atomic E-state index is 13.1. The summed E-state index contributed by atoms with van der Waals surface area (Å²) < 4.78 is 8.00. The molecule has 4 rings (SSSR count). The highest BCUT2D eigenvalue weighted by Crippen LogP contribution is 2.31. The van der Waals surface area contributed by atoms with Crippen LogP contribution in [0.25, 0.3) is 0 Å². The Labute approximate surface area is 150 Å². The fourth-order valence-electron chi connectivity index (χ4n) is 4.69. The van der Waals surface area contributed by atoms with Crippen molar-refractivity contribution in [3.63, 3.8) is 0 Å². The van der Waals surface area contributed by atoms with Gasteiger partial charge in [-0.2, -0.15) is 0 Å². The lowest BCUT2D eigenvalue weighted by atomic mass is 9.88. The Hall–Kier alpha value is -1.40. The number of nitrogens with zero attached hydrogens (tertiary/aromatic N) is 4. The number of amides is 1. The van der Waals surface area contributed by atoms with Gasteiger partial charge in [0.15, 0.2) is 0 Å². The van der Waals surface area contributed by atoms with Crippen molar-refractivity contribution in [2.24, 2.45) is 13.0 Å². The van der Waals surface area contributed by atoms with Gasteiger partial charge in [-0.25, -0.2) is 4.98 Å². The number of likely N-dealkylation sites (tertiary alicyclic amines) is 1. The highest BCUT2D eigenvalue weighted by molar-refractivity contribution is 5.79. The molecule has 1 aromatic rings. The van der Waals surface area contributed by atoms with Crippen molar-refractivity contribution in [1.82, 2.24) is 19.4 Å². The van der Waals surface area contributed by atoms with Gasteiger partial charge in [-0.3, -0.25) is 9.69 Å². The molecule has 6 heteroatoms. The van der Waals surface area contributed by atoms with E-state index in [9.17, 15) is 4.79 Å². The van der Waals surface area contributed by atoms with Crippen LogP contribution in [0, 0.1) is 5.92 Å². The molecule has 2 unspecified atom stereocenters. The van der Waals surface area contributed by atoms with Crippen LogP contribution < -0.4 is 0 Å². The van der Waals surface area contributed by atoms with Crippen LogP contribution in [-0.2, 0) is 23.1 Å². The fourth-order valence-corrected chi connectivity index (χ4v) is 4.69. The van der Waals surface area contributed by atoms with E-state index in [1.807, 2.05) is 19.4 Å². The number of imidazole rings is 1. The van der Waals surface area contributed by atoms with Crippen molar-refractivity contribution < 1.29 is 9.53 Å². The molecule has 0 aromatic carbocycles. The summed E-state index contributed by atoms with van der Waals surface area (Å²) >= 11 is 0. The number of ether oxygens (including phenoxy) is 1. The van der Waals surface area contributed by atoms with Crippen molar-refractivity contribution in [2.75, 3.05) is 26.2 Å². The zero-order valence-corrected chi connectivity index (χ0v) is 15.3. The number of hydrogen-bond acceptors (Lipinski definition) is 4. The monoisotopic (exact) mass is 346 g/mol. The van der Waals surface area contributed by atoms with E-state index in [1.165, 1.54) is 12.8 Å². The van der Waals surface area contributed by atoms with Crippen molar-refractivity contribution in [3.05, 3.63) is 18.2 Å². The maximum Gasteiger partial charge on any atom is 0.226 e. The van der Waals surface area contributed by atoms with Gasteiger partial charge in [-0.1, -0.05) is 12.8 Å². The number of carbonyl (C=O) groups is 1. The molecule has 2 aliphatic heterocycles. The van der Waals surface area contributed by atoms with E-state index in [2.05, 4.69) is 19.4 Å². The van der Waals surface area contributed by atoms with Crippen molar-refractivity contribution in [2.45, 2.75) is 57.2 Å². The highest BCUT2D eigenvalue weighted by atomic mass is 16.5.